The molecule has 150 valence electrons. The number of anilines is 1. The lowest BCUT2D eigenvalue weighted by Gasteiger charge is -2.14. The zero-order chi connectivity index (χ0) is 20.8. The van der Waals surface area contributed by atoms with Crippen molar-refractivity contribution < 1.29 is 19.1 Å². The van der Waals surface area contributed by atoms with Crippen LogP contribution in [0.3, 0.4) is 0 Å². The lowest BCUT2D eigenvalue weighted by atomic mass is 10.2. The third-order valence-electron chi connectivity index (χ3n) is 3.92. The normalized spacial score (nSPS) is 10.5. The minimum Gasteiger partial charge on any atom is -0.477 e. The van der Waals surface area contributed by atoms with Crippen LogP contribution >= 0.6 is 0 Å². The number of esters is 1. The SMILES string of the molecule is CCCn1c(N)c(C(=O)COC(=O)c2cccnc2OCC)c(=O)n(C)c1=O. The maximum absolute atomic E-state index is 12.5. The number of Topliss-reactive ketones (excluding diaryl/α,β-unsaturated/α-hetero) is 1. The second-order valence-corrected chi connectivity index (χ2v) is 5.85. The molecule has 2 aromatic rings. The van der Waals surface area contributed by atoms with E-state index in [0.717, 1.165) is 9.13 Å². The van der Waals surface area contributed by atoms with Crippen molar-refractivity contribution >= 4 is 17.6 Å². The zero-order valence-electron chi connectivity index (χ0n) is 15.9. The molecule has 0 saturated carbocycles. The van der Waals surface area contributed by atoms with Gasteiger partial charge in [-0.05, 0) is 25.5 Å². The first-order valence-electron chi connectivity index (χ1n) is 8.70. The van der Waals surface area contributed by atoms with Crippen molar-refractivity contribution in [3.63, 3.8) is 0 Å². The Kier molecular flexibility index (Phi) is 6.69. The van der Waals surface area contributed by atoms with Gasteiger partial charge in [0.05, 0.1) is 6.61 Å². The number of hydrogen-bond acceptors (Lipinski definition) is 8. The average molecular weight is 390 g/mol. The van der Waals surface area contributed by atoms with Crippen LogP contribution < -0.4 is 21.7 Å². The monoisotopic (exact) mass is 390 g/mol. The Hall–Kier alpha value is -3.43. The van der Waals surface area contributed by atoms with Crippen molar-refractivity contribution in [1.29, 1.82) is 0 Å². The minimum atomic E-state index is -0.840. The van der Waals surface area contributed by atoms with Crippen LogP contribution in [-0.2, 0) is 18.3 Å². The first-order valence-corrected chi connectivity index (χ1v) is 8.70. The predicted octanol–water partition coefficient (Wildman–Crippen LogP) is 0.373. The van der Waals surface area contributed by atoms with Gasteiger partial charge in [0.1, 0.15) is 16.9 Å². The number of pyridine rings is 1. The smallest absolute Gasteiger partial charge is 0.344 e. The van der Waals surface area contributed by atoms with Gasteiger partial charge in [-0.3, -0.25) is 18.7 Å². The van der Waals surface area contributed by atoms with Crippen LogP contribution in [0.1, 0.15) is 41.0 Å². The fraction of sp³-hybridized carbons (Fsp3) is 0.389. The van der Waals surface area contributed by atoms with Gasteiger partial charge in [-0.15, -0.1) is 0 Å². The number of carbonyl (C=O) groups excluding carboxylic acids is 2. The van der Waals surface area contributed by atoms with E-state index in [2.05, 4.69) is 4.98 Å². The summed E-state index contributed by atoms with van der Waals surface area (Å²) in [5.41, 5.74) is 4.08. The summed E-state index contributed by atoms with van der Waals surface area (Å²) >= 11 is 0. The van der Waals surface area contributed by atoms with E-state index < -0.39 is 29.6 Å². The van der Waals surface area contributed by atoms with Crippen LogP contribution in [-0.4, -0.2) is 39.1 Å². The summed E-state index contributed by atoms with van der Waals surface area (Å²) in [6.45, 7) is 3.37. The van der Waals surface area contributed by atoms with Crippen LogP contribution in [0, 0.1) is 0 Å². The summed E-state index contributed by atoms with van der Waals surface area (Å²) in [5, 5.41) is 0. The molecule has 0 unspecified atom stereocenters. The number of aromatic nitrogens is 3. The van der Waals surface area contributed by atoms with Crippen molar-refractivity contribution in [2.75, 3.05) is 18.9 Å². The van der Waals surface area contributed by atoms with Gasteiger partial charge in [-0.1, -0.05) is 6.92 Å². The molecule has 2 aromatic heterocycles. The van der Waals surface area contributed by atoms with Crippen LogP contribution in [0.25, 0.3) is 0 Å². The Morgan fingerprint density at radius 2 is 1.96 bits per heavy atom. The van der Waals surface area contributed by atoms with Crippen molar-refractivity contribution in [2.45, 2.75) is 26.8 Å². The van der Waals surface area contributed by atoms with Gasteiger partial charge in [0.15, 0.2) is 6.61 Å². The third kappa shape index (κ3) is 4.11. The fourth-order valence-electron chi connectivity index (χ4n) is 2.56. The first-order chi connectivity index (χ1) is 13.3. The van der Waals surface area contributed by atoms with E-state index in [0.29, 0.717) is 13.0 Å². The number of nitrogens with zero attached hydrogens (tertiary/aromatic N) is 3. The molecule has 0 atom stereocenters. The Balaban J connectivity index is 2.28. The highest BCUT2D eigenvalue weighted by Gasteiger charge is 2.23. The molecule has 28 heavy (non-hydrogen) atoms. The van der Waals surface area contributed by atoms with E-state index in [1.165, 1.54) is 25.4 Å². The van der Waals surface area contributed by atoms with Gasteiger partial charge >= 0.3 is 11.7 Å². The Morgan fingerprint density at radius 1 is 1.25 bits per heavy atom. The van der Waals surface area contributed by atoms with Crippen LogP contribution in [0.4, 0.5) is 5.82 Å². The van der Waals surface area contributed by atoms with E-state index in [9.17, 15) is 19.2 Å². The highest BCUT2D eigenvalue weighted by atomic mass is 16.5. The van der Waals surface area contributed by atoms with E-state index in [-0.39, 0.29) is 29.4 Å². The average Bonchev–Trinajstić information content (AvgIpc) is 2.68. The second kappa shape index (κ2) is 8.98. The first kappa shape index (κ1) is 20.9. The molecular formula is C18H22N4O6. The highest BCUT2D eigenvalue weighted by molar-refractivity contribution is 6.02. The molecule has 0 aliphatic rings. The molecule has 10 heteroatoms. The summed E-state index contributed by atoms with van der Waals surface area (Å²) in [7, 11) is 1.25. The molecule has 2 N–H and O–H groups in total. The Labute approximate surface area is 160 Å². The van der Waals surface area contributed by atoms with Crippen LogP contribution in [0.15, 0.2) is 27.9 Å². The largest absolute Gasteiger partial charge is 0.477 e. The van der Waals surface area contributed by atoms with Gasteiger partial charge in [0.25, 0.3) is 5.56 Å². The van der Waals surface area contributed by atoms with Gasteiger partial charge in [0, 0.05) is 19.8 Å². The molecule has 2 rings (SSSR count). The molecule has 2 heterocycles. The zero-order valence-corrected chi connectivity index (χ0v) is 15.9. The van der Waals surface area contributed by atoms with Crippen LogP contribution in [0.5, 0.6) is 5.88 Å². The quantitative estimate of drug-likeness (QED) is 0.504. The van der Waals surface area contributed by atoms with E-state index in [1.807, 2.05) is 6.92 Å². The fourth-order valence-corrected chi connectivity index (χ4v) is 2.56. The molecule has 0 spiro atoms. The molecule has 0 saturated heterocycles. The molecule has 0 aliphatic heterocycles. The summed E-state index contributed by atoms with van der Waals surface area (Å²) in [6, 6.07) is 2.97. The van der Waals surface area contributed by atoms with E-state index >= 15 is 0 Å². The van der Waals surface area contributed by atoms with E-state index in [1.54, 1.807) is 6.92 Å². The van der Waals surface area contributed by atoms with Crippen molar-refractivity contribution in [1.82, 2.24) is 14.1 Å². The van der Waals surface area contributed by atoms with E-state index in [4.69, 9.17) is 15.2 Å². The number of rotatable bonds is 8. The topological polar surface area (TPSA) is 136 Å². The standard InChI is InChI=1S/C18H22N4O6/c1-4-9-22-14(19)13(16(24)21(3)18(22)26)12(23)10-28-17(25)11-7-6-8-20-15(11)27-5-2/h6-8H,4-5,9-10,19H2,1-3H3. The molecule has 0 bridgehead atoms. The number of hydrogen-bond donors (Lipinski definition) is 1. The molecule has 0 aliphatic carbocycles. The Morgan fingerprint density at radius 3 is 2.61 bits per heavy atom. The number of ether oxygens (including phenoxy) is 2. The minimum absolute atomic E-state index is 0.0500. The predicted molar refractivity (Wildman–Crippen MR) is 101 cm³/mol. The Bertz CT molecular complexity index is 1010. The molecule has 10 nitrogen and oxygen atoms in total. The van der Waals surface area contributed by atoms with Gasteiger partial charge in [0.2, 0.25) is 11.7 Å². The van der Waals surface area contributed by atoms with Gasteiger partial charge in [-0.25, -0.2) is 14.6 Å². The summed E-state index contributed by atoms with van der Waals surface area (Å²) in [4.78, 5) is 53.2. The second-order valence-electron chi connectivity index (χ2n) is 5.85. The summed E-state index contributed by atoms with van der Waals surface area (Å²) < 4.78 is 12.2. The molecular weight excluding hydrogens is 368 g/mol. The summed E-state index contributed by atoms with van der Waals surface area (Å²) in [6.07, 6.45) is 2.03. The van der Waals surface area contributed by atoms with Gasteiger partial charge in [-0.2, -0.15) is 0 Å². The van der Waals surface area contributed by atoms with Crippen molar-refractivity contribution in [3.8, 4) is 5.88 Å². The third-order valence-corrected chi connectivity index (χ3v) is 3.92. The highest BCUT2D eigenvalue weighted by Crippen LogP contribution is 2.16. The van der Waals surface area contributed by atoms with Crippen molar-refractivity contribution in [2.24, 2.45) is 7.05 Å². The number of carbonyl (C=O) groups is 2. The molecule has 0 amide bonds. The molecule has 0 aromatic carbocycles. The number of nitrogen functional groups attached to an aromatic ring is 1. The maximum atomic E-state index is 12.5. The van der Waals surface area contributed by atoms with Crippen molar-refractivity contribution in [3.05, 3.63) is 50.3 Å². The maximum Gasteiger partial charge on any atom is 0.344 e. The summed E-state index contributed by atoms with van der Waals surface area (Å²) in [5.74, 6) is -1.80. The number of ketones is 1. The lowest BCUT2D eigenvalue weighted by Crippen LogP contribution is -2.43. The lowest BCUT2D eigenvalue weighted by molar-refractivity contribution is 0.0469. The molecule has 0 fully saturated rings. The van der Waals surface area contributed by atoms with Crippen LogP contribution in [0.2, 0.25) is 0 Å². The van der Waals surface area contributed by atoms with Gasteiger partial charge < -0.3 is 15.2 Å². The molecule has 0 radical (unpaired) electrons. The number of nitrogens with two attached hydrogens (primary N) is 1.